The van der Waals surface area contributed by atoms with Crippen molar-refractivity contribution in [2.24, 2.45) is 7.05 Å². The Morgan fingerprint density at radius 3 is 2.50 bits per heavy atom. The number of halogens is 1. The highest BCUT2D eigenvalue weighted by molar-refractivity contribution is 6.05. The van der Waals surface area contributed by atoms with Gasteiger partial charge in [-0.3, -0.25) is 14.8 Å². The number of carbonyl (C=O) groups is 1. The van der Waals surface area contributed by atoms with E-state index in [1.165, 1.54) is 17.8 Å². The maximum atomic E-state index is 15.7. The highest BCUT2D eigenvalue weighted by Crippen LogP contribution is 2.37. The molecule has 0 unspecified atom stereocenters. The van der Waals surface area contributed by atoms with Gasteiger partial charge in [0.2, 0.25) is 5.95 Å². The van der Waals surface area contributed by atoms with Gasteiger partial charge < -0.3 is 14.6 Å². The number of fused-ring (bicyclic) bond motifs is 1. The third-order valence-corrected chi connectivity index (χ3v) is 8.47. The Hall–Kier alpha value is -3.63. The van der Waals surface area contributed by atoms with E-state index in [9.17, 15) is 9.90 Å². The number of hydrogen-bond donors (Lipinski definition) is 2. The van der Waals surface area contributed by atoms with Gasteiger partial charge in [-0.25, -0.2) is 14.4 Å². The van der Waals surface area contributed by atoms with E-state index < -0.39 is 11.7 Å². The normalized spacial score (nSPS) is 20.7. The Balaban J connectivity index is 1.37. The number of nitrogens with zero attached hydrogens (tertiary/aromatic N) is 6. The van der Waals surface area contributed by atoms with Gasteiger partial charge >= 0.3 is 0 Å². The van der Waals surface area contributed by atoms with Gasteiger partial charge in [-0.15, -0.1) is 0 Å². The molecular weight excluding hydrogens is 509 g/mol. The van der Waals surface area contributed by atoms with Crippen LogP contribution >= 0.6 is 0 Å². The first-order valence-corrected chi connectivity index (χ1v) is 14.1. The Labute approximate surface area is 233 Å². The Morgan fingerprint density at radius 2 is 1.80 bits per heavy atom. The monoisotopic (exact) mass is 545 g/mol. The van der Waals surface area contributed by atoms with Crippen LogP contribution in [0.25, 0.3) is 22.3 Å². The van der Waals surface area contributed by atoms with Crippen molar-refractivity contribution in [2.45, 2.75) is 63.5 Å². The fourth-order valence-corrected chi connectivity index (χ4v) is 6.21. The molecule has 40 heavy (non-hydrogen) atoms. The van der Waals surface area contributed by atoms with E-state index in [0.29, 0.717) is 36.0 Å². The number of carbonyl (C=O) groups excluding carboxylic acids is 1. The van der Waals surface area contributed by atoms with E-state index in [1.54, 1.807) is 24.9 Å². The van der Waals surface area contributed by atoms with Gasteiger partial charge in [0.25, 0.3) is 5.91 Å². The van der Waals surface area contributed by atoms with Crippen LogP contribution in [0.1, 0.15) is 72.1 Å². The summed E-state index contributed by atoms with van der Waals surface area (Å²) in [6.45, 7) is 3.88. The number of piperidine rings is 1. The maximum absolute atomic E-state index is 15.7. The molecule has 1 aliphatic heterocycles. The third kappa shape index (κ3) is 5.13. The minimum absolute atomic E-state index is 0.0767. The van der Waals surface area contributed by atoms with Crippen molar-refractivity contribution in [2.75, 3.05) is 25.5 Å². The second-order valence-electron chi connectivity index (χ2n) is 11.4. The molecule has 1 aliphatic carbocycles. The van der Waals surface area contributed by atoms with E-state index in [0.717, 1.165) is 49.8 Å². The summed E-state index contributed by atoms with van der Waals surface area (Å²) in [5, 5.41) is 17.2. The molecule has 1 amide bonds. The summed E-state index contributed by atoms with van der Waals surface area (Å²) in [4.78, 5) is 25.2. The van der Waals surface area contributed by atoms with Crippen LogP contribution in [-0.2, 0) is 7.05 Å². The molecule has 210 valence electrons. The van der Waals surface area contributed by atoms with Crippen LogP contribution in [0.3, 0.4) is 0 Å². The van der Waals surface area contributed by atoms with Crippen molar-refractivity contribution in [3.05, 3.63) is 59.3 Å². The zero-order valence-electron chi connectivity index (χ0n) is 23.3. The minimum atomic E-state index is -0.691. The fourth-order valence-electron chi connectivity index (χ4n) is 6.21. The molecule has 1 aromatic carbocycles. The SMILES string of the molecule is Cc1cc(C(=O)Nc2nc3cc(C4CCN(C)CC4)ccc3n2C2CCC(O)CC2)c(F)c(-c2cnn(C)c2)n1. The smallest absolute Gasteiger partial charge is 0.261 e. The van der Waals surface area contributed by atoms with Crippen molar-refractivity contribution in [3.63, 3.8) is 0 Å². The summed E-state index contributed by atoms with van der Waals surface area (Å²) < 4.78 is 19.3. The van der Waals surface area contributed by atoms with Crippen LogP contribution in [-0.4, -0.2) is 66.5 Å². The molecule has 6 rings (SSSR count). The van der Waals surface area contributed by atoms with Crippen LogP contribution in [0.2, 0.25) is 0 Å². The van der Waals surface area contributed by atoms with Crippen molar-refractivity contribution < 1.29 is 14.3 Å². The summed E-state index contributed by atoms with van der Waals surface area (Å²) in [5.41, 5.74) is 4.07. The van der Waals surface area contributed by atoms with E-state index in [2.05, 4.69) is 50.1 Å². The lowest BCUT2D eigenvalue weighted by atomic mass is 9.89. The Bertz CT molecular complexity index is 1550. The molecule has 1 saturated heterocycles. The van der Waals surface area contributed by atoms with Crippen LogP contribution < -0.4 is 5.32 Å². The second kappa shape index (κ2) is 10.7. The molecule has 2 fully saturated rings. The molecule has 4 heterocycles. The second-order valence-corrected chi connectivity index (χ2v) is 11.4. The Morgan fingerprint density at radius 1 is 1.05 bits per heavy atom. The summed E-state index contributed by atoms with van der Waals surface area (Å²) in [6.07, 6.45) is 8.05. The largest absolute Gasteiger partial charge is 0.393 e. The highest BCUT2D eigenvalue weighted by atomic mass is 19.1. The van der Waals surface area contributed by atoms with Crippen molar-refractivity contribution in [1.29, 1.82) is 0 Å². The van der Waals surface area contributed by atoms with E-state index >= 15 is 4.39 Å². The number of pyridine rings is 1. The number of aryl methyl sites for hydroxylation is 2. The molecule has 9 nitrogen and oxygen atoms in total. The molecule has 3 aromatic heterocycles. The van der Waals surface area contributed by atoms with Gasteiger partial charge in [-0.2, -0.15) is 5.10 Å². The topological polar surface area (TPSA) is 101 Å². The lowest BCUT2D eigenvalue weighted by molar-refractivity contribution is 0.101. The number of hydrogen-bond acceptors (Lipinski definition) is 6. The zero-order valence-corrected chi connectivity index (χ0v) is 23.3. The number of anilines is 1. The number of aromatic nitrogens is 5. The summed E-state index contributed by atoms with van der Waals surface area (Å²) >= 11 is 0. The molecule has 4 aromatic rings. The van der Waals surface area contributed by atoms with Gasteiger partial charge in [0, 0.05) is 30.5 Å². The number of aliphatic hydroxyl groups excluding tert-OH is 1. The summed E-state index contributed by atoms with van der Waals surface area (Å²) in [6, 6.07) is 7.98. The van der Waals surface area contributed by atoms with Gasteiger partial charge in [0.15, 0.2) is 5.82 Å². The van der Waals surface area contributed by atoms with Crippen molar-refractivity contribution in [3.8, 4) is 11.3 Å². The van der Waals surface area contributed by atoms with Crippen molar-refractivity contribution >= 4 is 22.9 Å². The first-order valence-electron chi connectivity index (χ1n) is 14.1. The summed E-state index contributed by atoms with van der Waals surface area (Å²) in [5.74, 6) is -0.382. The average Bonchev–Trinajstić information content (AvgIpc) is 3.53. The number of amides is 1. The zero-order chi connectivity index (χ0) is 28.0. The van der Waals surface area contributed by atoms with Crippen molar-refractivity contribution in [1.82, 2.24) is 29.2 Å². The number of benzene rings is 1. The number of nitrogens with one attached hydrogen (secondary N) is 1. The minimum Gasteiger partial charge on any atom is -0.393 e. The molecule has 0 radical (unpaired) electrons. The predicted molar refractivity (Wildman–Crippen MR) is 152 cm³/mol. The lowest BCUT2D eigenvalue weighted by Gasteiger charge is -2.29. The maximum Gasteiger partial charge on any atom is 0.261 e. The molecule has 0 bridgehead atoms. The highest BCUT2D eigenvalue weighted by Gasteiger charge is 2.28. The molecule has 2 N–H and O–H groups in total. The lowest BCUT2D eigenvalue weighted by Crippen LogP contribution is -2.29. The first kappa shape index (κ1) is 26.6. The van der Waals surface area contributed by atoms with Gasteiger partial charge in [0.1, 0.15) is 5.69 Å². The van der Waals surface area contributed by atoms with E-state index in [-0.39, 0.29) is 23.4 Å². The van der Waals surface area contributed by atoms with Crippen LogP contribution in [0, 0.1) is 12.7 Å². The van der Waals surface area contributed by atoms with Crippen LogP contribution in [0.15, 0.2) is 36.7 Å². The molecule has 0 atom stereocenters. The van der Waals surface area contributed by atoms with Gasteiger partial charge in [-0.05, 0) is 95.3 Å². The van der Waals surface area contributed by atoms with Crippen LogP contribution in [0.5, 0.6) is 0 Å². The first-order chi connectivity index (χ1) is 19.3. The number of likely N-dealkylation sites (tertiary alicyclic amines) is 1. The quantitative estimate of drug-likeness (QED) is 0.373. The predicted octanol–water partition coefficient (Wildman–Crippen LogP) is 4.82. The average molecular weight is 546 g/mol. The van der Waals surface area contributed by atoms with Gasteiger partial charge in [-0.1, -0.05) is 6.07 Å². The molecule has 10 heteroatoms. The molecule has 2 aliphatic rings. The number of rotatable bonds is 5. The van der Waals surface area contributed by atoms with Crippen LogP contribution in [0.4, 0.5) is 10.3 Å². The Kier molecular flexibility index (Phi) is 7.14. The molecule has 1 saturated carbocycles. The van der Waals surface area contributed by atoms with E-state index in [4.69, 9.17) is 4.98 Å². The standard InChI is InChI=1S/C30H36FN7O2/c1-18-14-24(27(31)28(33-18)21-16-32-37(3)17-21)29(40)35-30-34-25-15-20(19-10-12-36(2)13-11-19)4-9-26(25)38(30)22-5-7-23(39)8-6-22/h4,9,14-17,19,22-23,39H,5-8,10-13H2,1-3H3,(H,34,35,40). The third-order valence-electron chi connectivity index (χ3n) is 8.47. The fraction of sp³-hybridized carbons (Fsp3) is 0.467. The summed E-state index contributed by atoms with van der Waals surface area (Å²) in [7, 11) is 3.90. The van der Waals surface area contributed by atoms with E-state index in [1.807, 2.05) is 0 Å². The number of imidazole rings is 1. The molecule has 0 spiro atoms. The molecular formula is C30H36FN7O2. The van der Waals surface area contributed by atoms with Gasteiger partial charge in [0.05, 0.1) is 28.9 Å². The number of aliphatic hydroxyl groups is 1.